The Labute approximate surface area is 183 Å². The van der Waals surface area contributed by atoms with Crippen molar-refractivity contribution in [2.45, 2.75) is 50.6 Å². The van der Waals surface area contributed by atoms with Crippen LogP contribution in [0.15, 0.2) is 35.2 Å². The average Bonchev–Trinajstić information content (AvgIpc) is 2.69. The summed E-state index contributed by atoms with van der Waals surface area (Å²) in [7, 11) is 0. The topological polar surface area (TPSA) is 69.6 Å². The minimum Gasteiger partial charge on any atom is -0.368 e. The van der Waals surface area contributed by atoms with Crippen molar-refractivity contribution in [3.8, 4) is 0 Å². The van der Waals surface area contributed by atoms with Gasteiger partial charge in [0.05, 0.1) is 5.02 Å². The molecule has 9 heteroatoms. The number of aliphatic hydroxyl groups is 2. The van der Waals surface area contributed by atoms with E-state index in [0.717, 1.165) is 0 Å². The zero-order valence-electron chi connectivity index (χ0n) is 17.0. The highest BCUT2D eigenvalue weighted by Gasteiger charge is 2.24. The van der Waals surface area contributed by atoms with Crippen LogP contribution >= 0.6 is 23.4 Å². The quantitative estimate of drug-likeness (QED) is 0.273. The molecule has 166 valence electrons. The number of hydrogen-bond acceptors (Lipinski definition) is 4. The van der Waals surface area contributed by atoms with Gasteiger partial charge in [-0.1, -0.05) is 39.3 Å². The maximum atomic E-state index is 13.3. The lowest BCUT2D eigenvalue weighted by Gasteiger charge is -2.24. The molecule has 0 aliphatic rings. The number of hydrogen-bond donors (Lipinski definition) is 3. The van der Waals surface area contributed by atoms with Crippen LogP contribution in [0.25, 0.3) is 0 Å². The Kier molecular flexibility index (Phi) is 10.7. The first-order valence-corrected chi connectivity index (χ1v) is 10.7. The maximum Gasteiger partial charge on any atom is 0.255 e. The second-order valence-electron chi connectivity index (χ2n) is 6.16. The number of aliphatic hydroxyl groups excluding tert-OH is 1. The van der Waals surface area contributed by atoms with Gasteiger partial charge in [0, 0.05) is 39.4 Å². The SMILES string of the molecule is CC.CCC(C(O)O)C(C)Sc1cc(C(=O)Nc2cc(F)c(F)c(F)c2)ccc1Cl. The Balaban J connectivity index is 0.00000218. The number of anilines is 1. The van der Waals surface area contributed by atoms with E-state index in [4.69, 9.17) is 11.6 Å². The predicted octanol–water partition coefficient (Wildman–Crippen LogP) is 5.85. The van der Waals surface area contributed by atoms with Crippen LogP contribution in [0.4, 0.5) is 18.9 Å². The molecule has 0 aliphatic heterocycles. The number of amides is 1. The lowest BCUT2D eigenvalue weighted by Crippen LogP contribution is -2.27. The molecule has 3 N–H and O–H groups in total. The number of nitrogens with one attached hydrogen (secondary N) is 1. The van der Waals surface area contributed by atoms with Gasteiger partial charge in [0.15, 0.2) is 23.7 Å². The number of carbonyl (C=O) groups is 1. The van der Waals surface area contributed by atoms with Gasteiger partial charge in [-0.2, -0.15) is 0 Å². The summed E-state index contributed by atoms with van der Waals surface area (Å²) >= 11 is 7.45. The normalized spacial score (nSPS) is 12.8. The first-order chi connectivity index (χ1) is 14.1. The monoisotopic (exact) mass is 463 g/mol. The van der Waals surface area contributed by atoms with Gasteiger partial charge in [-0.05, 0) is 24.6 Å². The van der Waals surface area contributed by atoms with Gasteiger partial charge in [-0.3, -0.25) is 4.79 Å². The highest BCUT2D eigenvalue weighted by Crippen LogP contribution is 2.36. The van der Waals surface area contributed by atoms with Gasteiger partial charge < -0.3 is 15.5 Å². The first-order valence-electron chi connectivity index (χ1n) is 9.42. The third kappa shape index (κ3) is 6.91. The summed E-state index contributed by atoms with van der Waals surface area (Å²) < 4.78 is 39.6. The molecular formula is C21H25ClF3NO3S. The largest absolute Gasteiger partial charge is 0.368 e. The van der Waals surface area contributed by atoms with Crippen molar-refractivity contribution in [2.24, 2.45) is 5.92 Å². The minimum absolute atomic E-state index is 0.168. The van der Waals surface area contributed by atoms with E-state index in [1.807, 2.05) is 27.7 Å². The van der Waals surface area contributed by atoms with Gasteiger partial charge in [0.25, 0.3) is 5.91 Å². The van der Waals surface area contributed by atoms with Crippen LogP contribution in [-0.2, 0) is 0 Å². The van der Waals surface area contributed by atoms with E-state index in [1.165, 1.54) is 30.0 Å². The average molecular weight is 464 g/mol. The lowest BCUT2D eigenvalue weighted by atomic mass is 10.0. The highest BCUT2D eigenvalue weighted by atomic mass is 35.5. The lowest BCUT2D eigenvalue weighted by molar-refractivity contribution is -0.0836. The number of benzene rings is 2. The Morgan fingerprint density at radius 2 is 1.70 bits per heavy atom. The van der Waals surface area contributed by atoms with Gasteiger partial charge in [-0.15, -0.1) is 11.8 Å². The summed E-state index contributed by atoms with van der Waals surface area (Å²) in [5, 5.41) is 21.4. The molecule has 1 amide bonds. The Hall–Kier alpha value is -1.74. The zero-order chi connectivity index (χ0) is 23.0. The van der Waals surface area contributed by atoms with Crippen LogP contribution in [0, 0.1) is 23.4 Å². The molecule has 0 saturated heterocycles. The van der Waals surface area contributed by atoms with Crippen LogP contribution in [0.2, 0.25) is 5.02 Å². The van der Waals surface area contributed by atoms with Crippen LogP contribution in [0.1, 0.15) is 44.5 Å². The fourth-order valence-corrected chi connectivity index (χ4v) is 4.17. The molecule has 30 heavy (non-hydrogen) atoms. The summed E-state index contributed by atoms with van der Waals surface area (Å²) in [5.41, 5.74) is -0.0600. The van der Waals surface area contributed by atoms with E-state index in [-0.39, 0.29) is 16.5 Å². The fourth-order valence-electron chi connectivity index (χ4n) is 2.64. The molecule has 2 atom stereocenters. The second kappa shape index (κ2) is 12.2. The van der Waals surface area contributed by atoms with Crippen LogP contribution in [0.5, 0.6) is 0 Å². The van der Waals surface area contributed by atoms with E-state index in [2.05, 4.69) is 5.32 Å². The maximum absolute atomic E-state index is 13.3. The summed E-state index contributed by atoms with van der Waals surface area (Å²) in [5.74, 6) is -5.50. The van der Waals surface area contributed by atoms with Crippen molar-refractivity contribution < 1.29 is 28.2 Å². The number of thioether (sulfide) groups is 1. The van der Waals surface area contributed by atoms with E-state index in [1.54, 1.807) is 0 Å². The summed E-state index contributed by atoms with van der Waals surface area (Å²) in [6, 6.07) is 5.77. The van der Waals surface area contributed by atoms with Crippen molar-refractivity contribution in [3.05, 3.63) is 58.4 Å². The Morgan fingerprint density at radius 1 is 1.13 bits per heavy atom. The number of carbonyl (C=O) groups excluding carboxylic acids is 1. The van der Waals surface area contributed by atoms with E-state index >= 15 is 0 Å². The van der Waals surface area contributed by atoms with Crippen molar-refractivity contribution in [3.63, 3.8) is 0 Å². The van der Waals surface area contributed by atoms with Crippen molar-refractivity contribution in [1.82, 2.24) is 0 Å². The molecule has 0 aromatic heterocycles. The molecule has 0 bridgehead atoms. The molecule has 2 rings (SSSR count). The summed E-state index contributed by atoms with van der Waals surface area (Å²) in [4.78, 5) is 12.9. The van der Waals surface area contributed by atoms with Crippen LogP contribution in [-0.4, -0.2) is 27.7 Å². The zero-order valence-corrected chi connectivity index (χ0v) is 18.6. The molecule has 0 radical (unpaired) electrons. The van der Waals surface area contributed by atoms with Crippen molar-refractivity contribution in [1.29, 1.82) is 0 Å². The van der Waals surface area contributed by atoms with Gasteiger partial charge in [-0.25, -0.2) is 13.2 Å². The Morgan fingerprint density at radius 3 is 2.20 bits per heavy atom. The first kappa shape index (κ1) is 26.3. The van der Waals surface area contributed by atoms with E-state index in [9.17, 15) is 28.2 Å². The molecule has 0 fully saturated rings. The van der Waals surface area contributed by atoms with Crippen LogP contribution in [0.3, 0.4) is 0 Å². The standard InChI is InChI=1S/C19H19ClF3NO3S.C2H6/c1-3-12(19(26)27)9(2)28-16-6-10(4-5-13(16)20)18(25)24-11-7-14(21)17(23)15(22)8-11;1-2/h4-9,12,19,26-27H,3H2,1-2H3,(H,24,25);1-2H3. The third-order valence-corrected chi connectivity index (χ3v) is 5.96. The third-order valence-electron chi connectivity index (χ3n) is 4.21. The number of rotatable bonds is 7. The molecule has 0 heterocycles. The second-order valence-corrected chi connectivity index (χ2v) is 7.99. The predicted molar refractivity (Wildman–Crippen MR) is 114 cm³/mol. The van der Waals surface area contributed by atoms with Gasteiger partial charge >= 0.3 is 0 Å². The van der Waals surface area contributed by atoms with Gasteiger partial charge in [0.1, 0.15) is 0 Å². The van der Waals surface area contributed by atoms with Crippen molar-refractivity contribution in [2.75, 3.05) is 5.32 Å². The molecule has 0 saturated carbocycles. The Bertz CT molecular complexity index is 844. The highest BCUT2D eigenvalue weighted by molar-refractivity contribution is 8.00. The van der Waals surface area contributed by atoms with E-state index in [0.29, 0.717) is 28.5 Å². The smallest absolute Gasteiger partial charge is 0.255 e. The van der Waals surface area contributed by atoms with E-state index < -0.39 is 35.6 Å². The molecule has 0 spiro atoms. The van der Waals surface area contributed by atoms with Crippen molar-refractivity contribution >= 4 is 35.0 Å². The van der Waals surface area contributed by atoms with Gasteiger partial charge in [0.2, 0.25) is 0 Å². The molecular weight excluding hydrogens is 439 g/mol. The molecule has 2 aromatic carbocycles. The molecule has 2 unspecified atom stereocenters. The fraction of sp³-hybridized carbons (Fsp3) is 0.381. The number of halogens is 4. The molecule has 4 nitrogen and oxygen atoms in total. The summed E-state index contributed by atoms with van der Waals surface area (Å²) in [6.45, 7) is 7.64. The minimum atomic E-state index is -1.62. The van der Waals surface area contributed by atoms with Crippen LogP contribution < -0.4 is 5.32 Å². The molecule has 0 aliphatic carbocycles. The molecule has 2 aromatic rings. The summed E-state index contributed by atoms with van der Waals surface area (Å²) in [6.07, 6.45) is -0.952.